The lowest BCUT2D eigenvalue weighted by Gasteiger charge is -2.58. The second kappa shape index (κ2) is 3.23. The van der Waals surface area contributed by atoms with Crippen molar-refractivity contribution in [3.8, 4) is 0 Å². The molecule has 86 valence electrons. The van der Waals surface area contributed by atoms with Crippen LogP contribution in [0.4, 0.5) is 0 Å². The van der Waals surface area contributed by atoms with Gasteiger partial charge in [-0.2, -0.15) is 0 Å². The third-order valence-corrected chi connectivity index (χ3v) is 5.87. The van der Waals surface area contributed by atoms with E-state index in [1.165, 1.54) is 0 Å². The molecule has 0 aromatic rings. The second-order valence-corrected chi connectivity index (χ2v) is 7.08. The van der Waals surface area contributed by atoms with Gasteiger partial charge in [0.05, 0.1) is 20.1 Å². The first-order valence-electron chi connectivity index (χ1n) is 6.89. The van der Waals surface area contributed by atoms with E-state index in [0.29, 0.717) is 0 Å². The van der Waals surface area contributed by atoms with Crippen LogP contribution in [0.1, 0.15) is 45.4 Å². The van der Waals surface area contributed by atoms with E-state index in [-0.39, 0.29) is 0 Å². The third-order valence-electron chi connectivity index (χ3n) is 5.87. The fourth-order valence-corrected chi connectivity index (χ4v) is 5.32. The predicted octanol–water partition coefficient (Wildman–Crippen LogP) is 1.74. The molecular formula is C14H26N+. The highest BCUT2D eigenvalue weighted by Gasteiger charge is 2.54. The molecule has 0 aliphatic heterocycles. The summed E-state index contributed by atoms with van der Waals surface area (Å²) in [7, 11) is 4.70. The minimum atomic E-state index is 0.744. The average Bonchev–Trinajstić information content (AvgIpc) is 2.14. The first-order valence-corrected chi connectivity index (χ1v) is 6.89. The van der Waals surface area contributed by atoms with Crippen molar-refractivity contribution < 1.29 is 4.90 Å². The van der Waals surface area contributed by atoms with Crippen LogP contribution in [0, 0.1) is 23.2 Å². The first-order chi connectivity index (χ1) is 7.09. The van der Waals surface area contributed by atoms with Gasteiger partial charge in [0.2, 0.25) is 0 Å². The summed E-state index contributed by atoms with van der Waals surface area (Å²) in [6, 6.07) is 0.880. The van der Waals surface area contributed by atoms with Crippen molar-refractivity contribution in [1.29, 1.82) is 0 Å². The van der Waals surface area contributed by atoms with Crippen molar-refractivity contribution in [2.75, 3.05) is 14.1 Å². The summed E-state index contributed by atoms with van der Waals surface area (Å²) in [4.78, 5) is 1.68. The summed E-state index contributed by atoms with van der Waals surface area (Å²) in [5.74, 6) is 3.33. The topological polar surface area (TPSA) is 4.44 Å². The maximum absolute atomic E-state index is 2.50. The van der Waals surface area contributed by atoms with Crippen molar-refractivity contribution in [3.05, 3.63) is 0 Å². The summed E-state index contributed by atoms with van der Waals surface area (Å²) >= 11 is 0. The predicted molar refractivity (Wildman–Crippen MR) is 62.9 cm³/mol. The van der Waals surface area contributed by atoms with Gasteiger partial charge in [0.15, 0.2) is 0 Å². The molecule has 0 spiro atoms. The Balaban J connectivity index is 1.86. The largest absolute Gasteiger partial charge is 0.337 e. The molecule has 1 nitrogen and oxygen atoms in total. The van der Waals surface area contributed by atoms with Gasteiger partial charge in [-0.25, -0.2) is 0 Å². The number of nitrogens with one attached hydrogen (secondary N) is 1. The van der Waals surface area contributed by atoms with E-state index in [1.54, 1.807) is 43.4 Å². The summed E-state index contributed by atoms with van der Waals surface area (Å²) in [6.07, 6.45) is 9.42. The molecular weight excluding hydrogens is 182 g/mol. The molecule has 0 amide bonds. The summed E-state index contributed by atoms with van der Waals surface area (Å²) < 4.78 is 0. The maximum Gasteiger partial charge on any atom is 0.0899 e. The Hall–Kier alpha value is -0.0400. The highest BCUT2D eigenvalue weighted by Crippen LogP contribution is 2.60. The second-order valence-electron chi connectivity index (χ2n) is 7.08. The zero-order chi connectivity index (χ0) is 10.6. The van der Waals surface area contributed by atoms with Gasteiger partial charge in [-0.15, -0.1) is 0 Å². The number of hydrogen-bond acceptors (Lipinski definition) is 0. The van der Waals surface area contributed by atoms with Crippen LogP contribution < -0.4 is 4.90 Å². The maximum atomic E-state index is 2.50. The highest BCUT2D eigenvalue weighted by molar-refractivity contribution is 5.03. The van der Waals surface area contributed by atoms with Gasteiger partial charge in [-0.1, -0.05) is 0 Å². The van der Waals surface area contributed by atoms with E-state index in [2.05, 4.69) is 21.0 Å². The highest BCUT2D eigenvalue weighted by atomic mass is 15.1. The Morgan fingerprint density at radius 3 is 1.67 bits per heavy atom. The average molecular weight is 208 g/mol. The molecule has 0 heterocycles. The third kappa shape index (κ3) is 1.46. The van der Waals surface area contributed by atoms with E-state index < -0.39 is 0 Å². The lowest BCUT2D eigenvalue weighted by molar-refractivity contribution is -0.893. The van der Waals surface area contributed by atoms with Crippen LogP contribution in [0.25, 0.3) is 0 Å². The smallest absolute Gasteiger partial charge is 0.0899 e. The number of rotatable bonds is 2. The van der Waals surface area contributed by atoms with Crippen molar-refractivity contribution in [1.82, 2.24) is 0 Å². The SMILES string of the molecule is C[C@@H]([NH+](C)C)C12CC3CC(CC(C3)C1)C2. The number of hydrogen-bond donors (Lipinski definition) is 1. The van der Waals surface area contributed by atoms with Crippen LogP contribution in [0.15, 0.2) is 0 Å². The van der Waals surface area contributed by atoms with Crippen molar-refractivity contribution in [2.24, 2.45) is 23.2 Å². The van der Waals surface area contributed by atoms with E-state index >= 15 is 0 Å². The fourth-order valence-electron chi connectivity index (χ4n) is 5.32. The molecule has 15 heavy (non-hydrogen) atoms. The Kier molecular flexibility index (Phi) is 2.18. The molecule has 1 atom stereocenters. The Morgan fingerprint density at radius 2 is 1.33 bits per heavy atom. The molecule has 4 rings (SSSR count). The van der Waals surface area contributed by atoms with Crippen LogP contribution in [-0.4, -0.2) is 20.1 Å². The Bertz CT molecular complexity index is 221. The Labute approximate surface area is 94.2 Å². The lowest BCUT2D eigenvalue weighted by Crippen LogP contribution is -3.11. The van der Waals surface area contributed by atoms with Crippen molar-refractivity contribution in [3.63, 3.8) is 0 Å². The molecule has 0 saturated heterocycles. The molecule has 4 aliphatic carbocycles. The van der Waals surface area contributed by atoms with Gasteiger partial charge in [0.1, 0.15) is 0 Å². The minimum Gasteiger partial charge on any atom is -0.337 e. The quantitative estimate of drug-likeness (QED) is 0.705. The van der Waals surface area contributed by atoms with Gasteiger partial charge in [-0.3, -0.25) is 0 Å². The van der Waals surface area contributed by atoms with Gasteiger partial charge in [0, 0.05) is 5.41 Å². The van der Waals surface area contributed by atoms with E-state index in [1.807, 2.05) is 0 Å². The minimum absolute atomic E-state index is 0.744. The van der Waals surface area contributed by atoms with Crippen LogP contribution in [0.2, 0.25) is 0 Å². The summed E-state index contributed by atoms with van der Waals surface area (Å²) in [6.45, 7) is 2.50. The molecule has 4 aliphatic rings. The number of quaternary nitrogens is 1. The molecule has 0 aromatic carbocycles. The molecule has 4 bridgehead atoms. The standard InChI is InChI=1S/C14H25N/c1-10(15(2)3)14-7-11-4-12(8-14)6-13(5-11)9-14/h10-13H,4-9H2,1-3H3/p+1/t10-,11?,12?,13?,14?/m1/s1. The Morgan fingerprint density at radius 1 is 0.933 bits per heavy atom. The normalized spacial score (nSPS) is 50.0. The summed E-state index contributed by atoms with van der Waals surface area (Å²) in [5.41, 5.74) is 0.744. The molecule has 0 unspecified atom stereocenters. The summed E-state index contributed by atoms with van der Waals surface area (Å²) in [5, 5.41) is 0. The molecule has 1 N–H and O–H groups in total. The molecule has 1 heteroatoms. The van der Waals surface area contributed by atoms with Gasteiger partial charge in [0.25, 0.3) is 0 Å². The first kappa shape index (κ1) is 10.1. The van der Waals surface area contributed by atoms with Crippen molar-refractivity contribution >= 4 is 0 Å². The lowest BCUT2D eigenvalue weighted by atomic mass is 9.48. The van der Waals surface area contributed by atoms with E-state index in [4.69, 9.17) is 0 Å². The monoisotopic (exact) mass is 208 g/mol. The zero-order valence-corrected chi connectivity index (χ0v) is 10.6. The van der Waals surface area contributed by atoms with E-state index in [9.17, 15) is 0 Å². The van der Waals surface area contributed by atoms with Crippen LogP contribution in [0.3, 0.4) is 0 Å². The molecule has 0 radical (unpaired) electrons. The van der Waals surface area contributed by atoms with Crippen LogP contribution >= 0.6 is 0 Å². The molecule has 4 saturated carbocycles. The van der Waals surface area contributed by atoms with Crippen LogP contribution in [0.5, 0.6) is 0 Å². The van der Waals surface area contributed by atoms with Crippen molar-refractivity contribution in [2.45, 2.75) is 51.5 Å². The zero-order valence-electron chi connectivity index (χ0n) is 10.6. The van der Waals surface area contributed by atoms with Gasteiger partial charge >= 0.3 is 0 Å². The molecule has 0 aromatic heterocycles. The van der Waals surface area contributed by atoms with Gasteiger partial charge < -0.3 is 4.90 Å². The van der Waals surface area contributed by atoms with Crippen LogP contribution in [-0.2, 0) is 0 Å². The fraction of sp³-hybridized carbons (Fsp3) is 1.00. The van der Waals surface area contributed by atoms with E-state index in [0.717, 1.165) is 29.2 Å². The van der Waals surface area contributed by atoms with Gasteiger partial charge in [-0.05, 0) is 63.2 Å². The molecule has 4 fully saturated rings.